The van der Waals surface area contributed by atoms with Gasteiger partial charge in [-0.15, -0.1) is 11.3 Å². The molecule has 1 aliphatic rings. The molecule has 1 saturated heterocycles. The zero-order chi connectivity index (χ0) is 18.7. The van der Waals surface area contributed by atoms with Gasteiger partial charge in [0.1, 0.15) is 0 Å². The van der Waals surface area contributed by atoms with Crippen LogP contribution >= 0.6 is 11.3 Å². The van der Waals surface area contributed by atoms with Crippen molar-refractivity contribution in [1.29, 1.82) is 0 Å². The summed E-state index contributed by atoms with van der Waals surface area (Å²) in [7, 11) is 0. The lowest BCUT2D eigenvalue weighted by molar-refractivity contribution is -0.138. The smallest absolute Gasteiger partial charge is 0.228 e. The summed E-state index contributed by atoms with van der Waals surface area (Å²) in [5, 5.41) is 2.01. The Hall–Kier alpha value is -2.14. The first-order valence-corrected chi connectivity index (χ1v) is 10.2. The van der Waals surface area contributed by atoms with E-state index in [9.17, 15) is 9.59 Å². The summed E-state index contributed by atoms with van der Waals surface area (Å²) in [6, 6.07) is 11.8. The van der Waals surface area contributed by atoms with Crippen LogP contribution in [0.3, 0.4) is 0 Å². The van der Waals surface area contributed by atoms with Gasteiger partial charge in [-0.2, -0.15) is 0 Å². The first-order chi connectivity index (χ1) is 12.6. The lowest BCUT2D eigenvalue weighted by Gasteiger charge is -2.41. The van der Waals surface area contributed by atoms with E-state index in [1.165, 1.54) is 0 Å². The zero-order valence-corrected chi connectivity index (χ0v) is 16.5. The second kappa shape index (κ2) is 8.04. The number of anilines is 1. The first kappa shape index (κ1) is 18.6. The van der Waals surface area contributed by atoms with E-state index in [-0.39, 0.29) is 23.8 Å². The molecule has 0 radical (unpaired) electrons. The standard InChI is InChI=1S/C21H26N2O2S/c1-4-22(5-2)21(25)17-12-13-19(24)23(16-10-8-15(3)9-11-16)20(17)18-7-6-14-26-18/h6-11,14,17,20H,4-5,12-13H2,1-3H3. The third-order valence-corrected chi connectivity index (χ3v) is 6.08. The number of amides is 2. The summed E-state index contributed by atoms with van der Waals surface area (Å²) >= 11 is 1.62. The Kier molecular flexibility index (Phi) is 5.77. The maximum absolute atomic E-state index is 13.2. The zero-order valence-electron chi connectivity index (χ0n) is 15.6. The van der Waals surface area contributed by atoms with Gasteiger partial charge in [0.2, 0.25) is 11.8 Å². The second-order valence-electron chi connectivity index (χ2n) is 6.72. The van der Waals surface area contributed by atoms with Crippen molar-refractivity contribution in [2.24, 2.45) is 5.92 Å². The normalized spacial score (nSPS) is 20.3. The van der Waals surface area contributed by atoms with Gasteiger partial charge in [-0.05, 0) is 50.8 Å². The van der Waals surface area contributed by atoms with Gasteiger partial charge in [-0.3, -0.25) is 9.59 Å². The van der Waals surface area contributed by atoms with Crippen molar-refractivity contribution < 1.29 is 9.59 Å². The number of hydrogen-bond donors (Lipinski definition) is 0. The number of carbonyl (C=O) groups is 2. The van der Waals surface area contributed by atoms with Gasteiger partial charge in [0.25, 0.3) is 0 Å². The fourth-order valence-corrected chi connectivity index (χ4v) is 4.60. The number of thiophene rings is 1. The highest BCUT2D eigenvalue weighted by molar-refractivity contribution is 7.10. The number of rotatable bonds is 5. The summed E-state index contributed by atoms with van der Waals surface area (Å²) in [5.74, 6) is 0.0430. The third kappa shape index (κ3) is 3.54. The molecule has 4 nitrogen and oxygen atoms in total. The minimum absolute atomic E-state index is 0.0934. The van der Waals surface area contributed by atoms with Crippen molar-refractivity contribution in [3.8, 4) is 0 Å². The second-order valence-corrected chi connectivity index (χ2v) is 7.69. The molecule has 2 heterocycles. The van der Waals surface area contributed by atoms with Gasteiger partial charge in [0, 0.05) is 30.1 Å². The van der Waals surface area contributed by atoms with Crippen LogP contribution in [0.25, 0.3) is 0 Å². The van der Waals surface area contributed by atoms with Crippen molar-refractivity contribution in [2.75, 3.05) is 18.0 Å². The molecule has 0 bridgehead atoms. The van der Waals surface area contributed by atoms with Crippen LogP contribution in [0.5, 0.6) is 0 Å². The molecule has 2 atom stereocenters. The topological polar surface area (TPSA) is 40.6 Å². The van der Waals surface area contributed by atoms with Crippen molar-refractivity contribution in [2.45, 2.75) is 39.7 Å². The van der Waals surface area contributed by atoms with Crippen LogP contribution in [0.1, 0.15) is 43.2 Å². The Morgan fingerprint density at radius 1 is 1.19 bits per heavy atom. The van der Waals surface area contributed by atoms with E-state index in [4.69, 9.17) is 0 Å². The van der Waals surface area contributed by atoms with Crippen molar-refractivity contribution in [1.82, 2.24) is 4.90 Å². The monoisotopic (exact) mass is 370 g/mol. The Morgan fingerprint density at radius 3 is 2.46 bits per heavy atom. The molecule has 1 aromatic carbocycles. The van der Waals surface area contributed by atoms with Crippen molar-refractivity contribution in [3.63, 3.8) is 0 Å². The van der Waals surface area contributed by atoms with Gasteiger partial charge >= 0.3 is 0 Å². The summed E-state index contributed by atoms with van der Waals surface area (Å²) in [6.07, 6.45) is 1.02. The number of aryl methyl sites for hydroxylation is 1. The lowest BCUT2D eigenvalue weighted by atomic mass is 9.85. The minimum Gasteiger partial charge on any atom is -0.343 e. The largest absolute Gasteiger partial charge is 0.343 e. The highest BCUT2D eigenvalue weighted by Gasteiger charge is 2.42. The molecule has 0 saturated carbocycles. The predicted molar refractivity (Wildman–Crippen MR) is 106 cm³/mol. The average molecular weight is 371 g/mol. The predicted octanol–water partition coefficient (Wildman–Crippen LogP) is 4.41. The van der Waals surface area contributed by atoms with E-state index in [0.29, 0.717) is 25.9 Å². The van der Waals surface area contributed by atoms with E-state index < -0.39 is 0 Å². The minimum atomic E-state index is -0.230. The number of piperidine rings is 1. The van der Waals surface area contributed by atoms with Crippen LogP contribution in [0.4, 0.5) is 5.69 Å². The van der Waals surface area contributed by atoms with Crippen LogP contribution in [-0.4, -0.2) is 29.8 Å². The lowest BCUT2D eigenvalue weighted by Crippen LogP contribution is -2.49. The highest BCUT2D eigenvalue weighted by atomic mass is 32.1. The fourth-order valence-electron chi connectivity index (χ4n) is 3.72. The number of nitrogens with zero attached hydrogens (tertiary/aromatic N) is 2. The Bertz CT molecular complexity index is 751. The summed E-state index contributed by atoms with van der Waals surface area (Å²) in [6.45, 7) is 7.44. The van der Waals surface area contributed by atoms with Gasteiger partial charge < -0.3 is 9.80 Å². The molecule has 0 aliphatic carbocycles. The van der Waals surface area contributed by atoms with E-state index in [2.05, 4.69) is 0 Å². The summed E-state index contributed by atoms with van der Waals surface area (Å²) in [5.41, 5.74) is 2.03. The molecule has 2 aromatic rings. The van der Waals surface area contributed by atoms with Crippen molar-refractivity contribution >= 4 is 28.8 Å². The number of hydrogen-bond acceptors (Lipinski definition) is 3. The van der Waals surface area contributed by atoms with Crippen molar-refractivity contribution in [3.05, 3.63) is 52.2 Å². The number of benzene rings is 1. The van der Waals surface area contributed by atoms with Crippen LogP contribution < -0.4 is 4.90 Å². The summed E-state index contributed by atoms with van der Waals surface area (Å²) in [4.78, 5) is 30.9. The molecular formula is C21H26N2O2S. The van der Waals surface area contributed by atoms with E-state index in [0.717, 1.165) is 16.1 Å². The first-order valence-electron chi connectivity index (χ1n) is 9.27. The van der Waals surface area contributed by atoms with Gasteiger partial charge in [-0.25, -0.2) is 0 Å². The Morgan fingerprint density at radius 2 is 1.88 bits per heavy atom. The van der Waals surface area contributed by atoms with Crippen LogP contribution in [0, 0.1) is 12.8 Å². The van der Waals surface area contributed by atoms with Crippen LogP contribution in [-0.2, 0) is 9.59 Å². The van der Waals surface area contributed by atoms with Crippen LogP contribution in [0.2, 0.25) is 0 Å². The average Bonchev–Trinajstić information content (AvgIpc) is 3.17. The molecule has 0 N–H and O–H groups in total. The molecular weight excluding hydrogens is 344 g/mol. The third-order valence-electron chi connectivity index (χ3n) is 5.14. The van der Waals surface area contributed by atoms with E-state index >= 15 is 0 Å². The molecule has 1 aromatic heterocycles. The number of carbonyl (C=O) groups excluding carboxylic acids is 2. The Balaban J connectivity index is 2.04. The molecule has 2 unspecified atom stereocenters. The molecule has 138 valence electrons. The van der Waals surface area contributed by atoms with E-state index in [1.807, 2.05) is 72.3 Å². The molecule has 2 amide bonds. The van der Waals surface area contributed by atoms with Crippen LogP contribution in [0.15, 0.2) is 41.8 Å². The molecule has 0 spiro atoms. The SMILES string of the molecule is CCN(CC)C(=O)C1CCC(=O)N(c2ccc(C)cc2)C1c1cccs1. The maximum Gasteiger partial charge on any atom is 0.228 e. The Labute approximate surface area is 159 Å². The molecule has 3 rings (SSSR count). The summed E-state index contributed by atoms with van der Waals surface area (Å²) < 4.78 is 0. The molecule has 5 heteroatoms. The molecule has 26 heavy (non-hydrogen) atoms. The molecule has 1 aliphatic heterocycles. The molecule has 1 fully saturated rings. The van der Waals surface area contributed by atoms with Gasteiger partial charge in [-0.1, -0.05) is 23.8 Å². The maximum atomic E-state index is 13.2. The van der Waals surface area contributed by atoms with Gasteiger partial charge in [0.15, 0.2) is 0 Å². The highest BCUT2D eigenvalue weighted by Crippen LogP contribution is 2.42. The fraction of sp³-hybridized carbons (Fsp3) is 0.429. The van der Waals surface area contributed by atoms with Gasteiger partial charge in [0.05, 0.1) is 12.0 Å². The quantitative estimate of drug-likeness (QED) is 0.782. The van der Waals surface area contributed by atoms with E-state index in [1.54, 1.807) is 11.3 Å².